The molecule has 2 heterocycles. The fraction of sp³-hybridized carbons (Fsp3) is 0.286. The number of ether oxygens (including phenoxy) is 1. The second-order valence-corrected chi connectivity index (χ2v) is 9.83. The summed E-state index contributed by atoms with van der Waals surface area (Å²) in [6.07, 6.45) is 8.24. The lowest BCUT2D eigenvalue weighted by molar-refractivity contribution is -0.119. The summed E-state index contributed by atoms with van der Waals surface area (Å²) in [6, 6.07) is 18.1. The Morgan fingerprint density at radius 1 is 1.03 bits per heavy atom. The van der Waals surface area contributed by atoms with E-state index in [-0.39, 0.29) is 17.7 Å². The molecule has 1 unspecified atom stereocenters. The van der Waals surface area contributed by atoms with Crippen molar-refractivity contribution in [2.24, 2.45) is 0 Å². The van der Waals surface area contributed by atoms with Gasteiger partial charge in [0.25, 0.3) is 0 Å². The number of aromatic nitrogens is 4. The van der Waals surface area contributed by atoms with Gasteiger partial charge >= 0.3 is 0 Å². The number of carbonyl (C=O) groups excluding carboxylic acids is 1. The maximum absolute atomic E-state index is 12.9. The van der Waals surface area contributed by atoms with E-state index in [0.29, 0.717) is 11.0 Å². The normalized spacial score (nSPS) is 13.6. The molecule has 8 heteroatoms. The van der Waals surface area contributed by atoms with Crippen LogP contribution in [0.5, 0.6) is 5.75 Å². The predicted molar refractivity (Wildman–Crippen MR) is 142 cm³/mol. The van der Waals surface area contributed by atoms with Crippen molar-refractivity contribution in [2.75, 3.05) is 12.9 Å². The number of pyridine rings is 1. The third kappa shape index (κ3) is 5.28. The van der Waals surface area contributed by atoms with Gasteiger partial charge in [-0.1, -0.05) is 30.0 Å². The van der Waals surface area contributed by atoms with Crippen LogP contribution in [0.3, 0.4) is 0 Å². The summed E-state index contributed by atoms with van der Waals surface area (Å²) < 4.78 is 7.27. The highest BCUT2D eigenvalue weighted by atomic mass is 32.2. The molecule has 1 aliphatic carbocycles. The fourth-order valence-corrected chi connectivity index (χ4v) is 5.30. The number of rotatable bonds is 8. The average molecular weight is 500 g/mol. The first-order valence-corrected chi connectivity index (χ1v) is 13.1. The molecule has 5 rings (SSSR count). The van der Waals surface area contributed by atoms with Crippen molar-refractivity contribution < 1.29 is 9.53 Å². The minimum Gasteiger partial charge on any atom is -0.497 e. The summed E-state index contributed by atoms with van der Waals surface area (Å²) in [5.41, 5.74) is 5.80. The van der Waals surface area contributed by atoms with E-state index in [9.17, 15) is 4.79 Å². The molecule has 1 N–H and O–H groups in total. The lowest BCUT2D eigenvalue weighted by Crippen LogP contribution is -2.28. The molecular formula is C28H29N5O2S. The van der Waals surface area contributed by atoms with Gasteiger partial charge in [-0.2, -0.15) is 0 Å². The number of hydrogen-bond donors (Lipinski definition) is 1. The zero-order valence-electron chi connectivity index (χ0n) is 20.5. The van der Waals surface area contributed by atoms with Gasteiger partial charge in [-0.05, 0) is 85.7 Å². The van der Waals surface area contributed by atoms with Gasteiger partial charge < -0.3 is 10.1 Å². The van der Waals surface area contributed by atoms with E-state index in [1.54, 1.807) is 19.5 Å². The Balaban J connectivity index is 1.32. The summed E-state index contributed by atoms with van der Waals surface area (Å²) in [5.74, 6) is 1.65. The molecule has 7 nitrogen and oxygen atoms in total. The second-order valence-electron chi connectivity index (χ2n) is 8.89. The predicted octanol–water partition coefficient (Wildman–Crippen LogP) is 5.19. The monoisotopic (exact) mass is 499 g/mol. The first-order valence-electron chi connectivity index (χ1n) is 12.2. The zero-order valence-corrected chi connectivity index (χ0v) is 21.3. The van der Waals surface area contributed by atoms with E-state index in [1.807, 2.05) is 47.9 Å². The highest BCUT2D eigenvalue weighted by Gasteiger charge is 2.19. The Hall–Kier alpha value is -3.65. The van der Waals surface area contributed by atoms with Crippen molar-refractivity contribution >= 4 is 17.7 Å². The van der Waals surface area contributed by atoms with Crippen molar-refractivity contribution in [3.63, 3.8) is 0 Å². The molecule has 0 radical (unpaired) electrons. The highest BCUT2D eigenvalue weighted by Crippen LogP contribution is 2.29. The Morgan fingerprint density at radius 2 is 1.78 bits per heavy atom. The number of fused-ring (bicyclic) bond motifs is 1. The van der Waals surface area contributed by atoms with Gasteiger partial charge in [0.2, 0.25) is 5.91 Å². The molecule has 4 aromatic rings. The second kappa shape index (κ2) is 11.0. The first-order chi connectivity index (χ1) is 17.6. The van der Waals surface area contributed by atoms with Gasteiger partial charge in [0, 0.05) is 23.6 Å². The third-order valence-corrected chi connectivity index (χ3v) is 7.41. The summed E-state index contributed by atoms with van der Waals surface area (Å²) in [7, 11) is 1.64. The van der Waals surface area contributed by atoms with Crippen LogP contribution in [-0.2, 0) is 17.6 Å². The lowest BCUT2D eigenvalue weighted by Gasteiger charge is -2.20. The molecule has 0 fully saturated rings. The van der Waals surface area contributed by atoms with E-state index in [2.05, 4.69) is 38.7 Å². The van der Waals surface area contributed by atoms with E-state index < -0.39 is 0 Å². The van der Waals surface area contributed by atoms with Crippen LogP contribution in [0.4, 0.5) is 0 Å². The number of carbonyl (C=O) groups is 1. The number of amides is 1. The number of nitrogens with one attached hydrogen (secondary N) is 1. The lowest BCUT2D eigenvalue weighted by atomic mass is 9.89. The van der Waals surface area contributed by atoms with Crippen LogP contribution < -0.4 is 10.1 Å². The maximum atomic E-state index is 12.9. The third-order valence-electron chi connectivity index (χ3n) is 6.48. The van der Waals surface area contributed by atoms with Gasteiger partial charge in [-0.3, -0.25) is 14.3 Å². The SMILES string of the molecule is COc1ccc(-n2c(SCC(=O)NC(C)c3ccc4c(c3)CCCC4)nnc2-c2ccncc2)cc1. The minimum absolute atomic E-state index is 0.0417. The van der Waals surface area contributed by atoms with Gasteiger partial charge in [-0.25, -0.2) is 0 Å². The smallest absolute Gasteiger partial charge is 0.230 e. The molecule has 1 amide bonds. The molecule has 2 aromatic carbocycles. The maximum Gasteiger partial charge on any atom is 0.230 e. The Morgan fingerprint density at radius 3 is 2.53 bits per heavy atom. The quantitative estimate of drug-likeness (QED) is 0.336. The first kappa shape index (κ1) is 24.1. The molecule has 184 valence electrons. The van der Waals surface area contributed by atoms with Crippen LogP contribution >= 0.6 is 11.8 Å². The van der Waals surface area contributed by atoms with Crippen molar-refractivity contribution in [1.82, 2.24) is 25.1 Å². The molecule has 0 spiro atoms. The molecular weight excluding hydrogens is 470 g/mol. The van der Waals surface area contributed by atoms with Crippen LogP contribution in [0.1, 0.15) is 42.5 Å². The Bertz CT molecular complexity index is 1340. The van der Waals surface area contributed by atoms with E-state index in [1.165, 1.54) is 35.7 Å². The number of aryl methyl sites for hydroxylation is 2. The van der Waals surface area contributed by atoms with Crippen LogP contribution in [0.2, 0.25) is 0 Å². The molecule has 36 heavy (non-hydrogen) atoms. The highest BCUT2D eigenvalue weighted by molar-refractivity contribution is 7.99. The summed E-state index contributed by atoms with van der Waals surface area (Å²) in [4.78, 5) is 17.0. The summed E-state index contributed by atoms with van der Waals surface area (Å²) in [6.45, 7) is 2.04. The average Bonchev–Trinajstić information content (AvgIpc) is 3.36. The Labute approximate surface area is 215 Å². The standard InChI is InChI=1S/C28H29N5O2S/c1-19(22-8-7-20-5-3-4-6-23(20)17-22)30-26(34)18-36-28-32-31-27(21-13-15-29-16-14-21)33(28)24-9-11-25(35-2)12-10-24/h7-17,19H,3-6,18H2,1-2H3,(H,30,34). The number of benzene rings is 2. The van der Waals surface area contributed by atoms with E-state index in [0.717, 1.165) is 35.4 Å². The van der Waals surface area contributed by atoms with Gasteiger partial charge in [-0.15, -0.1) is 10.2 Å². The fourth-order valence-electron chi connectivity index (χ4n) is 4.53. The molecule has 0 saturated heterocycles. The number of hydrogen-bond acceptors (Lipinski definition) is 6. The van der Waals surface area contributed by atoms with E-state index in [4.69, 9.17) is 4.74 Å². The van der Waals surface area contributed by atoms with Crippen molar-refractivity contribution in [2.45, 2.75) is 43.8 Å². The molecule has 0 aliphatic heterocycles. The van der Waals surface area contributed by atoms with Crippen molar-refractivity contribution in [3.8, 4) is 22.8 Å². The van der Waals surface area contributed by atoms with Crippen LogP contribution in [0.15, 0.2) is 72.1 Å². The van der Waals surface area contributed by atoms with Crippen LogP contribution in [0, 0.1) is 0 Å². The largest absolute Gasteiger partial charge is 0.497 e. The molecule has 1 atom stereocenters. The van der Waals surface area contributed by atoms with Gasteiger partial charge in [0.05, 0.1) is 18.9 Å². The van der Waals surface area contributed by atoms with Crippen molar-refractivity contribution in [1.29, 1.82) is 0 Å². The number of nitrogens with zero attached hydrogens (tertiary/aromatic N) is 4. The van der Waals surface area contributed by atoms with Crippen LogP contribution in [-0.4, -0.2) is 38.5 Å². The van der Waals surface area contributed by atoms with Gasteiger partial charge in [0.15, 0.2) is 11.0 Å². The van der Waals surface area contributed by atoms with Crippen molar-refractivity contribution in [3.05, 3.63) is 83.7 Å². The molecule has 0 saturated carbocycles. The molecule has 2 aromatic heterocycles. The van der Waals surface area contributed by atoms with Crippen LogP contribution in [0.25, 0.3) is 17.1 Å². The molecule has 0 bridgehead atoms. The minimum atomic E-state index is -0.0582. The summed E-state index contributed by atoms with van der Waals surface area (Å²) >= 11 is 1.37. The van der Waals surface area contributed by atoms with E-state index >= 15 is 0 Å². The number of methoxy groups -OCH3 is 1. The van der Waals surface area contributed by atoms with Gasteiger partial charge in [0.1, 0.15) is 5.75 Å². The zero-order chi connectivity index (χ0) is 24.9. The Kier molecular flexibility index (Phi) is 7.32. The summed E-state index contributed by atoms with van der Waals surface area (Å²) in [5, 5.41) is 12.6. The molecule has 1 aliphatic rings. The number of thioether (sulfide) groups is 1. The topological polar surface area (TPSA) is 81.9 Å².